The van der Waals surface area contributed by atoms with Gasteiger partial charge in [0.05, 0.1) is 11.3 Å². The Morgan fingerprint density at radius 1 is 1.13 bits per heavy atom. The summed E-state index contributed by atoms with van der Waals surface area (Å²) < 4.78 is 11.0. The first-order valence-electron chi connectivity index (χ1n) is 12.5. The summed E-state index contributed by atoms with van der Waals surface area (Å²) in [7, 11) is 0. The van der Waals surface area contributed by atoms with Crippen molar-refractivity contribution in [2.24, 2.45) is 11.5 Å². The summed E-state index contributed by atoms with van der Waals surface area (Å²) >= 11 is 1.10. The number of anilines is 2. The Balaban J connectivity index is 1.93. The summed E-state index contributed by atoms with van der Waals surface area (Å²) in [6.07, 6.45) is 2.09. The van der Waals surface area contributed by atoms with E-state index in [1.54, 1.807) is 45.0 Å². The lowest BCUT2D eigenvalue weighted by Gasteiger charge is -2.31. The van der Waals surface area contributed by atoms with E-state index in [1.807, 2.05) is 0 Å². The molecule has 1 atom stereocenters. The Hall–Kier alpha value is -3.84. The maximum Gasteiger partial charge on any atom is 0.533 e. The molecule has 0 aliphatic heterocycles. The van der Waals surface area contributed by atoms with E-state index in [9.17, 15) is 24.3 Å². The predicted octanol–water partition coefficient (Wildman–Crippen LogP) is 3.91. The molecule has 13 heteroatoms. The molecule has 6 N–H and O–H groups in total. The standard InChI is InChI=1S/C26H34N4O8S/c1-26(2,3)37-25(35)38-30(19(12-13-31)23(33)36-17-6-4-5-7-17)16-10-8-15(9-11-16)20-14-18(21(27)32)22(39-20)29-24(28)34/h8-11,14,17,19,31H,4-7,12-13H2,1-3H3,(H2,27,32)(H3,28,29,34)/t19-/m1/s1. The Labute approximate surface area is 230 Å². The molecule has 0 spiro atoms. The van der Waals surface area contributed by atoms with Crippen LogP contribution in [0.3, 0.4) is 0 Å². The van der Waals surface area contributed by atoms with E-state index in [0.29, 0.717) is 16.1 Å². The Bertz CT molecular complexity index is 1190. The van der Waals surface area contributed by atoms with Gasteiger partial charge in [0.25, 0.3) is 5.91 Å². The van der Waals surface area contributed by atoms with Crippen molar-refractivity contribution in [2.75, 3.05) is 17.0 Å². The van der Waals surface area contributed by atoms with Crippen LogP contribution in [0, 0.1) is 0 Å². The number of nitrogens with zero attached hydrogens (tertiary/aromatic N) is 1. The van der Waals surface area contributed by atoms with Gasteiger partial charge in [-0.1, -0.05) is 12.1 Å². The number of benzene rings is 1. The van der Waals surface area contributed by atoms with Gasteiger partial charge in [0.1, 0.15) is 16.7 Å². The van der Waals surface area contributed by atoms with E-state index < -0.39 is 35.7 Å². The van der Waals surface area contributed by atoms with Gasteiger partial charge in [-0.05, 0) is 70.2 Å². The van der Waals surface area contributed by atoms with Gasteiger partial charge in [-0.3, -0.25) is 10.1 Å². The molecule has 1 heterocycles. The van der Waals surface area contributed by atoms with Gasteiger partial charge in [-0.2, -0.15) is 5.06 Å². The zero-order valence-corrected chi connectivity index (χ0v) is 22.9. The topological polar surface area (TPSA) is 184 Å². The maximum atomic E-state index is 13.2. The number of primary amides is 2. The summed E-state index contributed by atoms with van der Waals surface area (Å²) in [5.41, 5.74) is 10.8. The number of amides is 3. The summed E-state index contributed by atoms with van der Waals surface area (Å²) in [6.45, 7) is 4.67. The van der Waals surface area contributed by atoms with Crippen molar-refractivity contribution in [2.45, 2.75) is 70.6 Å². The van der Waals surface area contributed by atoms with Crippen molar-refractivity contribution < 1.29 is 38.6 Å². The number of esters is 1. The highest BCUT2D eigenvalue weighted by Crippen LogP contribution is 2.36. The fourth-order valence-electron chi connectivity index (χ4n) is 4.04. The van der Waals surface area contributed by atoms with E-state index in [1.165, 1.54) is 6.07 Å². The maximum absolute atomic E-state index is 13.2. The average Bonchev–Trinajstić information content (AvgIpc) is 3.50. The largest absolute Gasteiger partial charge is 0.533 e. The first-order chi connectivity index (χ1) is 18.4. The van der Waals surface area contributed by atoms with Crippen molar-refractivity contribution in [1.82, 2.24) is 0 Å². The third-order valence-corrected chi connectivity index (χ3v) is 6.85. The van der Waals surface area contributed by atoms with Crippen LogP contribution in [-0.2, 0) is 19.1 Å². The van der Waals surface area contributed by atoms with Crippen LogP contribution in [0.15, 0.2) is 30.3 Å². The van der Waals surface area contributed by atoms with Crippen LogP contribution in [0.5, 0.6) is 0 Å². The number of aliphatic hydroxyl groups is 1. The van der Waals surface area contributed by atoms with Crippen molar-refractivity contribution in [3.05, 3.63) is 35.9 Å². The average molecular weight is 563 g/mol. The third-order valence-electron chi connectivity index (χ3n) is 5.75. The lowest BCUT2D eigenvalue weighted by molar-refractivity contribution is -0.152. The molecule has 1 aromatic heterocycles. The number of urea groups is 1. The summed E-state index contributed by atoms with van der Waals surface area (Å²) in [4.78, 5) is 55.0. The number of aliphatic hydroxyl groups excluding tert-OH is 1. The number of carbonyl (C=O) groups excluding carboxylic acids is 4. The molecule has 3 amide bonds. The molecule has 0 radical (unpaired) electrons. The van der Waals surface area contributed by atoms with E-state index >= 15 is 0 Å². The molecule has 1 aliphatic rings. The molecule has 212 valence electrons. The van der Waals surface area contributed by atoms with Crippen LogP contribution in [0.4, 0.5) is 20.3 Å². The molecule has 3 rings (SSSR count). The molecule has 2 aromatic rings. The van der Waals surface area contributed by atoms with E-state index in [2.05, 4.69) is 5.32 Å². The number of hydrogen-bond donors (Lipinski definition) is 4. The quantitative estimate of drug-likeness (QED) is 0.246. The van der Waals surface area contributed by atoms with Gasteiger partial charge in [-0.25, -0.2) is 14.4 Å². The molecule has 1 aliphatic carbocycles. The summed E-state index contributed by atoms with van der Waals surface area (Å²) in [6, 6.07) is 6.08. The Morgan fingerprint density at radius 3 is 2.31 bits per heavy atom. The van der Waals surface area contributed by atoms with Crippen LogP contribution in [0.25, 0.3) is 10.4 Å². The number of carbonyl (C=O) groups is 4. The molecular formula is C26H34N4O8S. The minimum absolute atomic E-state index is 0.0643. The number of rotatable bonds is 10. The first-order valence-corrected chi connectivity index (χ1v) is 13.3. The van der Waals surface area contributed by atoms with E-state index in [-0.39, 0.29) is 29.7 Å². The molecule has 0 bridgehead atoms. The normalized spacial score (nSPS) is 14.4. The lowest BCUT2D eigenvalue weighted by Crippen LogP contribution is -2.46. The highest BCUT2D eigenvalue weighted by Gasteiger charge is 2.34. The number of nitrogens with two attached hydrogens (primary N) is 2. The molecule has 12 nitrogen and oxygen atoms in total. The number of hydroxylamine groups is 1. The second-order valence-corrected chi connectivity index (χ2v) is 11.1. The van der Waals surface area contributed by atoms with E-state index in [4.69, 9.17) is 25.8 Å². The van der Waals surface area contributed by atoms with Crippen molar-refractivity contribution in [3.8, 4) is 10.4 Å². The molecule has 0 unspecified atom stereocenters. The molecule has 1 aromatic carbocycles. The van der Waals surface area contributed by atoms with Crippen molar-refractivity contribution in [3.63, 3.8) is 0 Å². The lowest BCUT2D eigenvalue weighted by atomic mass is 10.1. The van der Waals surface area contributed by atoms with Crippen LogP contribution >= 0.6 is 11.3 Å². The Morgan fingerprint density at radius 2 is 1.77 bits per heavy atom. The Kier molecular flexibility index (Phi) is 9.76. The van der Waals surface area contributed by atoms with Gasteiger partial charge < -0.3 is 30.9 Å². The summed E-state index contributed by atoms with van der Waals surface area (Å²) in [5, 5.41) is 13.4. The van der Waals surface area contributed by atoms with Crippen LogP contribution in [0.1, 0.15) is 63.2 Å². The van der Waals surface area contributed by atoms with E-state index in [0.717, 1.165) is 42.1 Å². The number of thiophene rings is 1. The third kappa shape index (κ3) is 8.32. The fraction of sp³-hybridized carbons (Fsp3) is 0.462. The number of nitrogens with one attached hydrogen (secondary N) is 1. The van der Waals surface area contributed by atoms with Crippen molar-refractivity contribution >= 4 is 46.1 Å². The molecule has 1 saturated carbocycles. The van der Waals surface area contributed by atoms with Crippen LogP contribution < -0.4 is 21.8 Å². The van der Waals surface area contributed by atoms with Crippen molar-refractivity contribution in [1.29, 1.82) is 0 Å². The SMILES string of the molecule is CC(C)(C)OC(=O)ON(c1ccc(-c2cc(C(N)=O)c(NC(N)=O)s2)cc1)[C@H](CCO)C(=O)OC1CCCC1. The molecule has 0 saturated heterocycles. The second-order valence-electron chi connectivity index (χ2n) is 10.0. The molecule has 1 fully saturated rings. The predicted molar refractivity (Wildman–Crippen MR) is 145 cm³/mol. The molecular weight excluding hydrogens is 528 g/mol. The zero-order valence-electron chi connectivity index (χ0n) is 22.1. The first kappa shape index (κ1) is 29.7. The second kappa shape index (κ2) is 12.8. The smallest absolute Gasteiger partial charge is 0.461 e. The highest BCUT2D eigenvalue weighted by molar-refractivity contribution is 7.20. The summed E-state index contributed by atoms with van der Waals surface area (Å²) in [5.74, 6) is -1.36. The van der Waals surface area contributed by atoms with Gasteiger partial charge in [0, 0.05) is 17.9 Å². The fourth-order valence-corrected chi connectivity index (χ4v) is 5.11. The van der Waals surface area contributed by atoms with Crippen LogP contribution in [-0.4, -0.2) is 53.5 Å². The minimum atomic E-state index is -1.14. The van der Waals surface area contributed by atoms with Crippen LogP contribution in [0.2, 0.25) is 0 Å². The number of hydrogen-bond acceptors (Lipinski definition) is 10. The molecule has 39 heavy (non-hydrogen) atoms. The van der Waals surface area contributed by atoms with Gasteiger partial charge in [-0.15, -0.1) is 11.3 Å². The highest BCUT2D eigenvalue weighted by atomic mass is 32.1. The zero-order chi connectivity index (χ0) is 28.7. The van der Waals surface area contributed by atoms with Gasteiger partial charge in [0.2, 0.25) is 0 Å². The van der Waals surface area contributed by atoms with Gasteiger partial charge >= 0.3 is 18.2 Å². The monoisotopic (exact) mass is 562 g/mol. The minimum Gasteiger partial charge on any atom is -0.461 e. The van der Waals surface area contributed by atoms with Gasteiger partial charge in [0.15, 0.2) is 6.04 Å². The number of ether oxygens (including phenoxy) is 2.